The number of benzene rings is 1. The lowest BCUT2D eigenvalue weighted by Crippen LogP contribution is -2.45. The van der Waals surface area contributed by atoms with Gasteiger partial charge in [0.25, 0.3) is 0 Å². The second-order valence-corrected chi connectivity index (χ2v) is 8.05. The van der Waals surface area contributed by atoms with Crippen molar-refractivity contribution in [2.45, 2.75) is 50.1 Å². The molecule has 0 saturated heterocycles. The molecular formula is C16H21NO5S. The van der Waals surface area contributed by atoms with Crippen molar-refractivity contribution in [1.82, 2.24) is 4.90 Å². The summed E-state index contributed by atoms with van der Waals surface area (Å²) in [7, 11) is -3.26. The first-order valence-corrected chi connectivity index (χ1v) is 9.27. The Morgan fingerprint density at radius 2 is 1.83 bits per heavy atom. The number of carbonyl (C=O) groups is 2. The Bertz CT molecular complexity index is 692. The molecule has 1 aliphatic carbocycles. The van der Waals surface area contributed by atoms with Crippen molar-refractivity contribution in [3.8, 4) is 0 Å². The number of sulfone groups is 1. The molecule has 0 heterocycles. The molecule has 1 aromatic rings. The fourth-order valence-corrected chi connectivity index (χ4v) is 3.34. The largest absolute Gasteiger partial charge is 0.480 e. The van der Waals surface area contributed by atoms with E-state index in [9.17, 15) is 18.0 Å². The third-order valence-corrected chi connectivity index (χ3v) is 5.77. The highest BCUT2D eigenvalue weighted by atomic mass is 32.2. The first kappa shape index (κ1) is 17.5. The summed E-state index contributed by atoms with van der Waals surface area (Å²) < 4.78 is 23.5. The van der Waals surface area contributed by atoms with Gasteiger partial charge in [0.1, 0.15) is 6.04 Å². The van der Waals surface area contributed by atoms with E-state index in [0.29, 0.717) is 5.56 Å². The average Bonchev–Trinajstić information content (AvgIpc) is 3.32. The molecule has 1 saturated carbocycles. The molecular weight excluding hydrogens is 318 g/mol. The maximum absolute atomic E-state index is 12.4. The van der Waals surface area contributed by atoms with Crippen LogP contribution in [0.3, 0.4) is 0 Å². The van der Waals surface area contributed by atoms with Crippen LogP contribution in [-0.4, -0.2) is 48.1 Å². The molecule has 1 unspecified atom stereocenters. The zero-order valence-electron chi connectivity index (χ0n) is 13.2. The third kappa shape index (κ3) is 4.10. The Kier molecular flexibility index (Phi) is 5.09. The summed E-state index contributed by atoms with van der Waals surface area (Å²) in [6, 6.07) is 5.35. The molecule has 0 spiro atoms. The highest BCUT2D eigenvalue weighted by Gasteiger charge is 2.38. The summed E-state index contributed by atoms with van der Waals surface area (Å²) in [4.78, 5) is 25.2. The van der Waals surface area contributed by atoms with E-state index < -0.39 is 21.8 Å². The Labute approximate surface area is 136 Å². The van der Waals surface area contributed by atoms with E-state index in [1.54, 1.807) is 19.1 Å². The molecule has 0 aromatic heterocycles. The van der Waals surface area contributed by atoms with Crippen LogP contribution in [0.4, 0.5) is 0 Å². The summed E-state index contributed by atoms with van der Waals surface area (Å²) in [5.74, 6) is -1.24. The molecule has 0 radical (unpaired) electrons. The van der Waals surface area contributed by atoms with Crippen LogP contribution < -0.4 is 0 Å². The van der Waals surface area contributed by atoms with Crippen molar-refractivity contribution >= 4 is 21.7 Å². The molecule has 6 nitrogen and oxygen atoms in total. The maximum Gasteiger partial charge on any atom is 0.326 e. The molecule has 126 valence electrons. The van der Waals surface area contributed by atoms with Gasteiger partial charge in [-0.2, -0.15) is 0 Å². The van der Waals surface area contributed by atoms with E-state index in [1.165, 1.54) is 24.0 Å². The number of carbonyl (C=O) groups excluding carboxylic acids is 1. The summed E-state index contributed by atoms with van der Waals surface area (Å²) in [6.45, 7) is 3.09. The molecule has 1 fully saturated rings. The summed E-state index contributed by atoms with van der Waals surface area (Å²) in [5.41, 5.74) is 0.674. The first-order valence-electron chi connectivity index (χ1n) is 7.62. The van der Waals surface area contributed by atoms with Crippen LogP contribution in [0, 0.1) is 0 Å². The zero-order valence-corrected chi connectivity index (χ0v) is 14.0. The molecule has 7 heteroatoms. The standard InChI is InChI=1S/C16H21NO5S/c1-3-23(21,22)14-8-4-12(5-9-14)10-15(18)17(13-6-7-13)11(2)16(19)20/h4-5,8-9,11,13H,3,6-7,10H2,1-2H3,(H,19,20). The summed E-state index contributed by atoms with van der Waals surface area (Å²) in [6.07, 6.45) is 1.73. The fourth-order valence-electron chi connectivity index (χ4n) is 2.45. The van der Waals surface area contributed by atoms with Crippen LogP contribution in [0.5, 0.6) is 0 Å². The minimum Gasteiger partial charge on any atom is -0.480 e. The van der Waals surface area contributed by atoms with Crippen molar-refractivity contribution in [2.75, 3.05) is 5.75 Å². The van der Waals surface area contributed by atoms with Gasteiger partial charge in [-0.15, -0.1) is 0 Å². The highest BCUT2D eigenvalue weighted by molar-refractivity contribution is 7.91. The van der Waals surface area contributed by atoms with Crippen molar-refractivity contribution in [3.05, 3.63) is 29.8 Å². The lowest BCUT2D eigenvalue weighted by atomic mass is 10.1. The SMILES string of the molecule is CCS(=O)(=O)c1ccc(CC(=O)N(C2CC2)C(C)C(=O)O)cc1. The van der Waals surface area contributed by atoms with Crippen LogP contribution >= 0.6 is 0 Å². The van der Waals surface area contributed by atoms with Crippen LogP contribution in [0.1, 0.15) is 32.3 Å². The van der Waals surface area contributed by atoms with E-state index >= 15 is 0 Å². The maximum atomic E-state index is 12.4. The Morgan fingerprint density at radius 3 is 2.26 bits per heavy atom. The number of hydrogen-bond acceptors (Lipinski definition) is 4. The predicted molar refractivity (Wildman–Crippen MR) is 84.8 cm³/mol. The average molecular weight is 339 g/mol. The highest BCUT2D eigenvalue weighted by Crippen LogP contribution is 2.29. The number of carboxylic acids is 1. The quantitative estimate of drug-likeness (QED) is 0.812. The molecule has 1 amide bonds. The van der Waals surface area contributed by atoms with E-state index in [2.05, 4.69) is 0 Å². The van der Waals surface area contributed by atoms with Gasteiger partial charge in [-0.1, -0.05) is 19.1 Å². The zero-order chi connectivity index (χ0) is 17.2. The Morgan fingerprint density at radius 1 is 1.26 bits per heavy atom. The normalized spacial score (nSPS) is 15.9. The minimum absolute atomic E-state index is 0.00772. The smallest absolute Gasteiger partial charge is 0.326 e. The monoisotopic (exact) mass is 339 g/mol. The van der Waals surface area contributed by atoms with Gasteiger partial charge in [-0.3, -0.25) is 4.79 Å². The number of nitrogens with zero attached hydrogens (tertiary/aromatic N) is 1. The lowest BCUT2D eigenvalue weighted by molar-refractivity contribution is -0.149. The van der Waals surface area contributed by atoms with Crippen molar-refractivity contribution in [1.29, 1.82) is 0 Å². The third-order valence-electron chi connectivity index (χ3n) is 4.02. The Balaban J connectivity index is 2.11. The van der Waals surface area contributed by atoms with Crippen molar-refractivity contribution in [2.24, 2.45) is 0 Å². The molecule has 23 heavy (non-hydrogen) atoms. The van der Waals surface area contributed by atoms with Crippen molar-refractivity contribution < 1.29 is 23.1 Å². The summed E-state index contributed by atoms with van der Waals surface area (Å²) >= 11 is 0. The van der Waals surface area contributed by atoms with Gasteiger partial charge in [0, 0.05) is 6.04 Å². The number of aliphatic carboxylic acids is 1. The molecule has 0 aliphatic heterocycles. The van der Waals surface area contributed by atoms with E-state index in [0.717, 1.165) is 12.8 Å². The molecule has 1 N–H and O–H groups in total. The molecule has 0 bridgehead atoms. The molecule has 1 aromatic carbocycles. The predicted octanol–water partition coefficient (Wildman–Crippen LogP) is 1.49. The van der Waals surface area contributed by atoms with E-state index in [1.807, 2.05) is 0 Å². The van der Waals surface area contributed by atoms with Gasteiger partial charge < -0.3 is 10.0 Å². The van der Waals surface area contributed by atoms with Crippen LogP contribution in [0.25, 0.3) is 0 Å². The molecule has 2 rings (SSSR count). The number of amides is 1. The van der Waals surface area contributed by atoms with E-state index in [4.69, 9.17) is 5.11 Å². The van der Waals surface area contributed by atoms with Gasteiger partial charge >= 0.3 is 5.97 Å². The number of rotatable bonds is 7. The number of carboxylic acid groups (broad SMARTS) is 1. The number of hydrogen-bond donors (Lipinski definition) is 1. The second-order valence-electron chi connectivity index (χ2n) is 5.77. The van der Waals surface area contributed by atoms with Gasteiger partial charge in [-0.05, 0) is 37.5 Å². The summed E-state index contributed by atoms with van der Waals surface area (Å²) in [5, 5.41) is 9.14. The van der Waals surface area contributed by atoms with Crippen molar-refractivity contribution in [3.63, 3.8) is 0 Å². The van der Waals surface area contributed by atoms with Gasteiger partial charge in [-0.25, -0.2) is 13.2 Å². The van der Waals surface area contributed by atoms with Gasteiger partial charge in [0.15, 0.2) is 9.84 Å². The molecule has 1 aliphatic rings. The minimum atomic E-state index is -3.26. The lowest BCUT2D eigenvalue weighted by Gasteiger charge is -2.26. The van der Waals surface area contributed by atoms with Crippen LogP contribution in [0.15, 0.2) is 29.2 Å². The molecule has 1 atom stereocenters. The fraction of sp³-hybridized carbons (Fsp3) is 0.500. The van der Waals surface area contributed by atoms with Gasteiger partial charge in [0.05, 0.1) is 17.1 Å². The second kappa shape index (κ2) is 6.70. The topological polar surface area (TPSA) is 91.8 Å². The van der Waals surface area contributed by atoms with Crippen LogP contribution in [0.2, 0.25) is 0 Å². The first-order chi connectivity index (χ1) is 10.8. The van der Waals surface area contributed by atoms with Gasteiger partial charge in [0.2, 0.25) is 5.91 Å². The Hall–Kier alpha value is -1.89. The van der Waals surface area contributed by atoms with E-state index in [-0.39, 0.29) is 29.0 Å². The van der Waals surface area contributed by atoms with Crippen LogP contribution in [-0.2, 0) is 25.8 Å².